The number of rotatable bonds is 5. The first-order valence-electron chi connectivity index (χ1n) is 9.58. The SMILES string of the molecule is Cc1ccn2cc(C(=O)NC[C@@H](c3cccnc3)N3CCCCC3)nc2c1. The van der Waals surface area contributed by atoms with Gasteiger partial charge in [-0.15, -0.1) is 0 Å². The molecule has 1 atom stereocenters. The summed E-state index contributed by atoms with van der Waals surface area (Å²) in [6, 6.07) is 8.17. The number of carbonyl (C=O) groups is 1. The van der Waals surface area contributed by atoms with Gasteiger partial charge in [-0.1, -0.05) is 12.5 Å². The molecule has 1 N–H and O–H groups in total. The van der Waals surface area contributed by atoms with E-state index in [1.54, 1.807) is 12.4 Å². The van der Waals surface area contributed by atoms with E-state index in [0.717, 1.165) is 29.9 Å². The van der Waals surface area contributed by atoms with Gasteiger partial charge in [0, 0.05) is 31.3 Å². The lowest BCUT2D eigenvalue weighted by Crippen LogP contribution is -2.40. The number of likely N-dealkylation sites (tertiary alicyclic amines) is 1. The molecule has 1 aliphatic heterocycles. The molecule has 0 spiro atoms. The number of fused-ring (bicyclic) bond motifs is 1. The third-order valence-electron chi connectivity index (χ3n) is 5.20. The molecule has 140 valence electrons. The minimum Gasteiger partial charge on any atom is -0.349 e. The first kappa shape index (κ1) is 17.7. The van der Waals surface area contributed by atoms with E-state index in [1.165, 1.54) is 19.3 Å². The predicted octanol–water partition coefficient (Wildman–Crippen LogP) is 2.99. The first-order valence-corrected chi connectivity index (χ1v) is 9.58. The van der Waals surface area contributed by atoms with Gasteiger partial charge >= 0.3 is 0 Å². The second-order valence-corrected chi connectivity index (χ2v) is 7.20. The number of pyridine rings is 2. The fourth-order valence-electron chi connectivity index (χ4n) is 3.73. The Morgan fingerprint density at radius 3 is 2.89 bits per heavy atom. The molecule has 0 radical (unpaired) electrons. The van der Waals surface area contributed by atoms with Gasteiger partial charge in [0.1, 0.15) is 11.3 Å². The number of imidazole rings is 1. The molecule has 3 aromatic heterocycles. The van der Waals surface area contributed by atoms with Crippen molar-refractivity contribution in [3.8, 4) is 0 Å². The largest absolute Gasteiger partial charge is 0.349 e. The van der Waals surface area contributed by atoms with Crippen LogP contribution >= 0.6 is 0 Å². The number of carbonyl (C=O) groups excluding carboxylic acids is 1. The van der Waals surface area contributed by atoms with Crippen molar-refractivity contribution in [2.45, 2.75) is 32.2 Å². The molecule has 6 nitrogen and oxygen atoms in total. The summed E-state index contributed by atoms with van der Waals surface area (Å²) in [4.78, 5) is 23.9. The van der Waals surface area contributed by atoms with Gasteiger partial charge in [0.2, 0.25) is 0 Å². The third kappa shape index (κ3) is 4.01. The summed E-state index contributed by atoms with van der Waals surface area (Å²) in [6.07, 6.45) is 11.1. The van der Waals surface area contributed by atoms with E-state index in [1.807, 2.05) is 41.9 Å². The fraction of sp³-hybridized carbons (Fsp3) is 0.381. The Hall–Kier alpha value is -2.73. The normalized spacial score (nSPS) is 16.3. The number of amides is 1. The number of hydrogen-bond acceptors (Lipinski definition) is 4. The van der Waals surface area contributed by atoms with Crippen molar-refractivity contribution in [3.63, 3.8) is 0 Å². The van der Waals surface area contributed by atoms with Crippen molar-refractivity contribution in [1.29, 1.82) is 0 Å². The van der Waals surface area contributed by atoms with Gasteiger partial charge in [0.15, 0.2) is 0 Å². The topological polar surface area (TPSA) is 62.5 Å². The van der Waals surface area contributed by atoms with Crippen LogP contribution in [0, 0.1) is 6.92 Å². The van der Waals surface area contributed by atoms with Crippen LogP contribution in [0.4, 0.5) is 0 Å². The number of aryl methyl sites for hydroxylation is 1. The lowest BCUT2D eigenvalue weighted by molar-refractivity contribution is 0.0920. The molecule has 0 bridgehead atoms. The summed E-state index contributed by atoms with van der Waals surface area (Å²) in [7, 11) is 0. The van der Waals surface area contributed by atoms with Gasteiger partial charge in [-0.25, -0.2) is 4.98 Å². The zero-order valence-electron chi connectivity index (χ0n) is 15.6. The van der Waals surface area contributed by atoms with E-state index in [0.29, 0.717) is 12.2 Å². The average molecular weight is 363 g/mol. The van der Waals surface area contributed by atoms with Crippen LogP contribution in [0.15, 0.2) is 49.1 Å². The van der Waals surface area contributed by atoms with E-state index >= 15 is 0 Å². The fourth-order valence-corrected chi connectivity index (χ4v) is 3.73. The number of aromatic nitrogens is 3. The highest BCUT2D eigenvalue weighted by Crippen LogP contribution is 2.23. The van der Waals surface area contributed by atoms with Crippen molar-refractivity contribution in [3.05, 3.63) is 65.9 Å². The number of nitrogens with one attached hydrogen (secondary N) is 1. The molecule has 3 aromatic rings. The molecule has 0 saturated carbocycles. The monoisotopic (exact) mass is 363 g/mol. The summed E-state index contributed by atoms with van der Waals surface area (Å²) in [5, 5.41) is 3.09. The zero-order chi connectivity index (χ0) is 18.6. The number of hydrogen-bond donors (Lipinski definition) is 1. The minimum absolute atomic E-state index is 0.137. The van der Waals surface area contributed by atoms with Crippen LogP contribution in [-0.4, -0.2) is 44.8 Å². The molecule has 4 rings (SSSR count). The van der Waals surface area contributed by atoms with Gasteiger partial charge in [-0.05, 0) is 62.2 Å². The lowest BCUT2D eigenvalue weighted by Gasteiger charge is -2.34. The molecule has 1 amide bonds. The summed E-state index contributed by atoms with van der Waals surface area (Å²) < 4.78 is 1.88. The van der Waals surface area contributed by atoms with Crippen molar-refractivity contribution < 1.29 is 4.79 Å². The van der Waals surface area contributed by atoms with Gasteiger partial charge in [-0.2, -0.15) is 0 Å². The summed E-state index contributed by atoms with van der Waals surface area (Å²) in [6.45, 7) is 4.69. The van der Waals surface area contributed by atoms with Crippen LogP contribution in [0.25, 0.3) is 5.65 Å². The Morgan fingerprint density at radius 1 is 1.26 bits per heavy atom. The van der Waals surface area contributed by atoms with Crippen molar-refractivity contribution in [2.75, 3.05) is 19.6 Å². The Labute approximate surface area is 159 Å². The molecule has 0 aliphatic carbocycles. The molecular weight excluding hydrogens is 338 g/mol. The molecule has 1 saturated heterocycles. The Bertz CT molecular complexity index is 915. The first-order chi connectivity index (χ1) is 13.2. The van der Waals surface area contributed by atoms with Crippen molar-refractivity contribution in [1.82, 2.24) is 24.6 Å². The maximum atomic E-state index is 12.7. The minimum atomic E-state index is -0.137. The van der Waals surface area contributed by atoms with Gasteiger partial charge in [0.25, 0.3) is 5.91 Å². The van der Waals surface area contributed by atoms with E-state index in [4.69, 9.17) is 0 Å². The summed E-state index contributed by atoms with van der Waals surface area (Å²) in [5.74, 6) is -0.137. The quantitative estimate of drug-likeness (QED) is 0.757. The van der Waals surface area contributed by atoms with E-state index < -0.39 is 0 Å². The molecular formula is C21H25N5O. The summed E-state index contributed by atoms with van der Waals surface area (Å²) in [5.41, 5.74) is 3.51. The highest BCUT2D eigenvalue weighted by Gasteiger charge is 2.23. The average Bonchev–Trinajstić information content (AvgIpc) is 3.13. The zero-order valence-corrected chi connectivity index (χ0v) is 15.6. The van der Waals surface area contributed by atoms with Crippen LogP contribution in [-0.2, 0) is 0 Å². The van der Waals surface area contributed by atoms with Crippen LogP contribution in [0.3, 0.4) is 0 Å². The van der Waals surface area contributed by atoms with Crippen LogP contribution in [0.2, 0.25) is 0 Å². The molecule has 0 aromatic carbocycles. The smallest absolute Gasteiger partial charge is 0.271 e. The van der Waals surface area contributed by atoms with E-state index in [9.17, 15) is 4.79 Å². The number of nitrogens with zero attached hydrogens (tertiary/aromatic N) is 4. The maximum absolute atomic E-state index is 12.7. The molecule has 1 aliphatic rings. The molecule has 0 unspecified atom stereocenters. The number of piperidine rings is 1. The highest BCUT2D eigenvalue weighted by atomic mass is 16.1. The van der Waals surface area contributed by atoms with Crippen LogP contribution < -0.4 is 5.32 Å². The maximum Gasteiger partial charge on any atom is 0.271 e. The van der Waals surface area contributed by atoms with Crippen molar-refractivity contribution >= 4 is 11.6 Å². The second-order valence-electron chi connectivity index (χ2n) is 7.20. The van der Waals surface area contributed by atoms with Gasteiger partial charge in [0.05, 0.1) is 6.04 Å². The Morgan fingerprint density at radius 2 is 2.11 bits per heavy atom. The van der Waals surface area contributed by atoms with Gasteiger partial charge in [-0.3, -0.25) is 14.7 Å². The standard InChI is InChI=1S/C21H25N5O/c1-16-7-11-26-15-18(24-20(26)12-16)21(27)23-14-19(17-6-5-8-22-13-17)25-9-3-2-4-10-25/h5-8,11-13,15,19H,2-4,9-10,14H2,1H3,(H,23,27)/t19-/m0/s1. The van der Waals surface area contributed by atoms with Crippen molar-refractivity contribution in [2.24, 2.45) is 0 Å². The molecule has 4 heterocycles. The Balaban J connectivity index is 1.49. The third-order valence-corrected chi connectivity index (χ3v) is 5.20. The van der Waals surface area contributed by atoms with Crippen LogP contribution in [0.1, 0.15) is 46.9 Å². The van der Waals surface area contributed by atoms with E-state index in [2.05, 4.69) is 26.3 Å². The van der Waals surface area contributed by atoms with Gasteiger partial charge < -0.3 is 9.72 Å². The Kier molecular flexibility index (Phi) is 5.16. The highest BCUT2D eigenvalue weighted by molar-refractivity contribution is 5.92. The molecule has 1 fully saturated rings. The predicted molar refractivity (Wildman–Crippen MR) is 105 cm³/mol. The summed E-state index contributed by atoms with van der Waals surface area (Å²) >= 11 is 0. The lowest BCUT2D eigenvalue weighted by atomic mass is 10.0. The molecule has 27 heavy (non-hydrogen) atoms. The van der Waals surface area contributed by atoms with E-state index in [-0.39, 0.29) is 11.9 Å². The van der Waals surface area contributed by atoms with Crippen LogP contribution in [0.5, 0.6) is 0 Å². The molecule has 6 heteroatoms. The second kappa shape index (κ2) is 7.88.